The molecule has 2 saturated carbocycles. The molecule has 0 amide bonds. The summed E-state index contributed by atoms with van der Waals surface area (Å²) in [5.41, 5.74) is 0. The number of nitrogens with one attached hydrogen (secondary N) is 1. The molecule has 0 radical (unpaired) electrons. The number of ether oxygens (including phenoxy) is 1. The Morgan fingerprint density at radius 3 is 2.80 bits per heavy atom. The van der Waals surface area contributed by atoms with Gasteiger partial charge in [-0.1, -0.05) is 6.42 Å². The molecule has 1 heterocycles. The first-order valence-electron chi connectivity index (χ1n) is 7.57. The molecular formula is C15H23N3OS. The predicted octanol–water partition coefficient (Wildman–Crippen LogP) is 3.50. The van der Waals surface area contributed by atoms with E-state index in [2.05, 4.69) is 21.5 Å². The molecule has 1 aromatic heterocycles. The van der Waals surface area contributed by atoms with Gasteiger partial charge in [0.1, 0.15) is 11.9 Å². The topological polar surface area (TPSA) is 47.0 Å². The SMILES string of the molecule is CSC1(CNc2cncc(OC3CCCCC3)n2)CC1. The molecule has 5 heteroatoms. The minimum atomic E-state index is 0.328. The molecule has 20 heavy (non-hydrogen) atoms. The Bertz CT molecular complexity index is 444. The minimum absolute atomic E-state index is 0.328. The van der Waals surface area contributed by atoms with Gasteiger partial charge in [0.15, 0.2) is 0 Å². The van der Waals surface area contributed by atoms with E-state index in [0.29, 0.717) is 16.7 Å². The second-order valence-electron chi connectivity index (χ2n) is 5.86. The van der Waals surface area contributed by atoms with Crippen molar-refractivity contribution in [3.05, 3.63) is 12.4 Å². The molecule has 4 nitrogen and oxygen atoms in total. The number of hydrogen-bond acceptors (Lipinski definition) is 5. The van der Waals surface area contributed by atoms with Crippen molar-refractivity contribution in [2.45, 2.75) is 55.8 Å². The van der Waals surface area contributed by atoms with Gasteiger partial charge in [0.2, 0.25) is 5.88 Å². The normalized spacial score (nSPS) is 21.4. The molecule has 0 aliphatic heterocycles. The lowest BCUT2D eigenvalue weighted by Crippen LogP contribution is -2.21. The van der Waals surface area contributed by atoms with Crippen LogP contribution in [0.2, 0.25) is 0 Å². The van der Waals surface area contributed by atoms with Gasteiger partial charge < -0.3 is 10.1 Å². The van der Waals surface area contributed by atoms with E-state index in [-0.39, 0.29) is 0 Å². The van der Waals surface area contributed by atoms with E-state index in [4.69, 9.17) is 4.74 Å². The monoisotopic (exact) mass is 293 g/mol. The molecule has 0 aromatic carbocycles. The van der Waals surface area contributed by atoms with Gasteiger partial charge in [0, 0.05) is 11.3 Å². The molecule has 2 aliphatic carbocycles. The first-order valence-corrected chi connectivity index (χ1v) is 8.80. The van der Waals surface area contributed by atoms with Crippen molar-refractivity contribution in [3.8, 4) is 5.88 Å². The van der Waals surface area contributed by atoms with Crippen LogP contribution in [0.3, 0.4) is 0 Å². The van der Waals surface area contributed by atoms with Crippen LogP contribution in [-0.2, 0) is 0 Å². The lowest BCUT2D eigenvalue weighted by molar-refractivity contribution is 0.148. The molecule has 0 unspecified atom stereocenters. The maximum absolute atomic E-state index is 5.95. The number of thioether (sulfide) groups is 1. The van der Waals surface area contributed by atoms with E-state index in [1.807, 2.05) is 11.8 Å². The average molecular weight is 293 g/mol. The number of aromatic nitrogens is 2. The fraction of sp³-hybridized carbons (Fsp3) is 0.733. The number of nitrogens with zero attached hydrogens (tertiary/aromatic N) is 2. The highest BCUT2D eigenvalue weighted by Crippen LogP contribution is 2.46. The van der Waals surface area contributed by atoms with Crippen LogP contribution in [0, 0.1) is 0 Å². The van der Waals surface area contributed by atoms with Gasteiger partial charge in [-0.05, 0) is 44.8 Å². The van der Waals surface area contributed by atoms with E-state index in [1.165, 1.54) is 32.1 Å². The summed E-state index contributed by atoms with van der Waals surface area (Å²) >= 11 is 1.95. The lowest BCUT2D eigenvalue weighted by Gasteiger charge is -2.22. The molecule has 2 fully saturated rings. The number of hydrogen-bond donors (Lipinski definition) is 1. The quantitative estimate of drug-likeness (QED) is 0.870. The summed E-state index contributed by atoms with van der Waals surface area (Å²) in [4.78, 5) is 8.77. The van der Waals surface area contributed by atoms with Gasteiger partial charge >= 0.3 is 0 Å². The molecule has 1 N–H and O–H groups in total. The summed E-state index contributed by atoms with van der Waals surface area (Å²) in [5.74, 6) is 1.49. The van der Waals surface area contributed by atoms with Crippen molar-refractivity contribution < 1.29 is 4.74 Å². The zero-order chi connectivity index (χ0) is 13.8. The van der Waals surface area contributed by atoms with Crippen molar-refractivity contribution in [1.29, 1.82) is 0 Å². The molecule has 110 valence electrons. The second-order valence-corrected chi connectivity index (χ2v) is 7.14. The molecule has 3 rings (SSSR count). The molecule has 2 aliphatic rings. The van der Waals surface area contributed by atoms with Crippen molar-refractivity contribution in [1.82, 2.24) is 9.97 Å². The summed E-state index contributed by atoms with van der Waals surface area (Å²) in [6.07, 6.45) is 14.8. The minimum Gasteiger partial charge on any atom is -0.473 e. The van der Waals surface area contributed by atoms with E-state index >= 15 is 0 Å². The van der Waals surface area contributed by atoms with E-state index in [9.17, 15) is 0 Å². The van der Waals surface area contributed by atoms with Crippen LogP contribution in [0.5, 0.6) is 5.88 Å². The van der Waals surface area contributed by atoms with Crippen molar-refractivity contribution in [3.63, 3.8) is 0 Å². The summed E-state index contributed by atoms with van der Waals surface area (Å²) in [6.45, 7) is 0.968. The Balaban J connectivity index is 1.55. The summed E-state index contributed by atoms with van der Waals surface area (Å²) in [6, 6.07) is 0. The first-order chi connectivity index (χ1) is 9.80. The molecule has 0 atom stereocenters. The molecular weight excluding hydrogens is 270 g/mol. The predicted molar refractivity (Wildman–Crippen MR) is 83.5 cm³/mol. The van der Waals surface area contributed by atoms with E-state index < -0.39 is 0 Å². The van der Waals surface area contributed by atoms with Gasteiger partial charge in [0.25, 0.3) is 0 Å². The maximum Gasteiger partial charge on any atom is 0.234 e. The highest BCUT2D eigenvalue weighted by molar-refractivity contribution is 8.00. The van der Waals surface area contributed by atoms with Gasteiger partial charge in [-0.3, -0.25) is 4.98 Å². The van der Waals surface area contributed by atoms with Crippen molar-refractivity contribution >= 4 is 17.6 Å². The Hall–Kier alpha value is -0.970. The Morgan fingerprint density at radius 1 is 1.30 bits per heavy atom. The van der Waals surface area contributed by atoms with Gasteiger partial charge in [-0.15, -0.1) is 0 Å². The zero-order valence-electron chi connectivity index (χ0n) is 12.1. The van der Waals surface area contributed by atoms with Crippen LogP contribution < -0.4 is 10.1 Å². The molecule has 0 saturated heterocycles. The highest BCUT2D eigenvalue weighted by Gasteiger charge is 2.41. The van der Waals surface area contributed by atoms with Crippen LogP contribution in [0.15, 0.2) is 12.4 Å². The maximum atomic E-state index is 5.95. The third-order valence-electron chi connectivity index (χ3n) is 4.28. The fourth-order valence-corrected chi connectivity index (χ4v) is 3.41. The van der Waals surface area contributed by atoms with E-state index in [0.717, 1.165) is 25.2 Å². The zero-order valence-corrected chi connectivity index (χ0v) is 12.9. The standard InChI is InChI=1S/C15H23N3OS/c1-20-15(7-8-15)11-17-13-9-16-10-14(18-13)19-12-5-3-2-4-6-12/h9-10,12H,2-8,11H2,1H3,(H,17,18). The second kappa shape index (κ2) is 6.20. The van der Waals surface area contributed by atoms with Gasteiger partial charge in [0.05, 0.1) is 12.4 Å². The molecule has 0 spiro atoms. The number of rotatable bonds is 6. The fourth-order valence-electron chi connectivity index (χ4n) is 2.69. The van der Waals surface area contributed by atoms with Crippen LogP contribution in [0.4, 0.5) is 5.82 Å². The van der Waals surface area contributed by atoms with Gasteiger partial charge in [-0.25, -0.2) is 0 Å². The van der Waals surface area contributed by atoms with Crippen LogP contribution in [0.1, 0.15) is 44.9 Å². The largest absolute Gasteiger partial charge is 0.473 e. The van der Waals surface area contributed by atoms with Crippen molar-refractivity contribution in [2.24, 2.45) is 0 Å². The Kier molecular flexibility index (Phi) is 4.34. The summed E-state index contributed by atoms with van der Waals surface area (Å²) in [7, 11) is 0. The summed E-state index contributed by atoms with van der Waals surface area (Å²) in [5, 5.41) is 3.40. The number of anilines is 1. The average Bonchev–Trinajstić information content (AvgIpc) is 3.27. The van der Waals surface area contributed by atoms with E-state index in [1.54, 1.807) is 12.4 Å². The Labute approximate surface area is 125 Å². The third-order valence-corrected chi connectivity index (χ3v) is 5.70. The highest BCUT2D eigenvalue weighted by atomic mass is 32.2. The van der Waals surface area contributed by atoms with Crippen LogP contribution in [0.25, 0.3) is 0 Å². The summed E-state index contributed by atoms with van der Waals surface area (Å²) < 4.78 is 6.38. The van der Waals surface area contributed by atoms with Crippen molar-refractivity contribution in [2.75, 3.05) is 18.1 Å². The van der Waals surface area contributed by atoms with Gasteiger partial charge in [-0.2, -0.15) is 16.7 Å². The van der Waals surface area contributed by atoms with Crippen LogP contribution in [-0.4, -0.2) is 33.6 Å². The smallest absolute Gasteiger partial charge is 0.234 e. The first kappa shape index (κ1) is 14.0. The van der Waals surface area contributed by atoms with Crippen LogP contribution >= 0.6 is 11.8 Å². The lowest BCUT2D eigenvalue weighted by atomic mass is 9.98. The Morgan fingerprint density at radius 2 is 2.10 bits per heavy atom. The molecule has 1 aromatic rings. The molecule has 0 bridgehead atoms. The third kappa shape index (κ3) is 3.57.